The first-order chi connectivity index (χ1) is 12.9. The van der Waals surface area contributed by atoms with Gasteiger partial charge in [0.05, 0.1) is 10.0 Å². The molecule has 1 aromatic carbocycles. The molecule has 3 aromatic rings. The summed E-state index contributed by atoms with van der Waals surface area (Å²) in [6.45, 7) is 10.2. The molecule has 0 atom stereocenters. The number of H-pyrrole nitrogens is 1. The van der Waals surface area contributed by atoms with Gasteiger partial charge in [0.15, 0.2) is 0 Å². The number of nitrogens with zero attached hydrogens (tertiary/aromatic N) is 2. The third-order valence-electron chi connectivity index (χ3n) is 5.29. The van der Waals surface area contributed by atoms with Crippen molar-refractivity contribution in [2.45, 2.75) is 20.3 Å². The minimum atomic E-state index is 0.549. The van der Waals surface area contributed by atoms with E-state index in [1.54, 1.807) is 12.3 Å². The van der Waals surface area contributed by atoms with Crippen LogP contribution in [0.25, 0.3) is 16.5 Å². The number of aryl methyl sites for hydroxylation is 1. The van der Waals surface area contributed by atoms with Gasteiger partial charge >= 0.3 is 0 Å². The van der Waals surface area contributed by atoms with Crippen molar-refractivity contribution in [2.24, 2.45) is 0 Å². The van der Waals surface area contributed by atoms with Gasteiger partial charge in [0, 0.05) is 36.4 Å². The Bertz CT molecular complexity index is 1080. The lowest BCUT2D eigenvalue weighted by atomic mass is 9.90. The van der Waals surface area contributed by atoms with Crippen molar-refractivity contribution < 1.29 is 0 Å². The topological polar surface area (TPSA) is 31.9 Å². The molecule has 1 aliphatic heterocycles. The average Bonchev–Trinajstić information content (AvgIpc) is 3.11. The van der Waals surface area contributed by atoms with Crippen molar-refractivity contribution in [3.05, 3.63) is 75.6 Å². The highest BCUT2D eigenvalue weighted by Crippen LogP contribution is 2.35. The number of halogens is 2. The number of pyridine rings is 1. The molecule has 27 heavy (non-hydrogen) atoms. The van der Waals surface area contributed by atoms with E-state index in [0.29, 0.717) is 10.0 Å². The first kappa shape index (κ1) is 18.1. The molecule has 138 valence electrons. The van der Waals surface area contributed by atoms with Crippen LogP contribution < -0.4 is 4.90 Å². The molecule has 0 unspecified atom stereocenters. The molecule has 0 radical (unpaired) electrons. The van der Waals surface area contributed by atoms with Gasteiger partial charge in [-0.05, 0) is 72.4 Å². The van der Waals surface area contributed by atoms with Crippen LogP contribution in [-0.2, 0) is 0 Å². The van der Waals surface area contributed by atoms with Gasteiger partial charge in [-0.2, -0.15) is 0 Å². The molecule has 3 nitrogen and oxygen atoms in total. The number of piperidine rings is 1. The molecule has 0 saturated carbocycles. The average molecular weight is 398 g/mol. The second-order valence-electron chi connectivity index (χ2n) is 7.07. The molecule has 0 amide bonds. The molecule has 0 bridgehead atoms. The first-order valence-electron chi connectivity index (χ1n) is 8.96. The van der Waals surface area contributed by atoms with Gasteiger partial charge in [0.1, 0.15) is 5.82 Å². The van der Waals surface area contributed by atoms with Crippen LogP contribution in [0.3, 0.4) is 0 Å². The number of anilines is 1. The van der Waals surface area contributed by atoms with Crippen LogP contribution in [0, 0.1) is 6.92 Å². The third kappa shape index (κ3) is 3.38. The number of aromatic nitrogens is 2. The van der Waals surface area contributed by atoms with E-state index in [1.807, 2.05) is 6.20 Å². The van der Waals surface area contributed by atoms with Crippen LogP contribution in [0.15, 0.2) is 54.4 Å². The summed E-state index contributed by atoms with van der Waals surface area (Å²) in [4.78, 5) is 9.96. The first-order valence-corrected chi connectivity index (χ1v) is 9.71. The zero-order valence-corrected chi connectivity index (χ0v) is 17.0. The number of fused-ring (bicyclic) bond motifs is 1. The third-order valence-corrected chi connectivity index (χ3v) is 5.77. The summed E-state index contributed by atoms with van der Waals surface area (Å²) in [5.41, 5.74) is 7.35. The molecule has 1 fully saturated rings. The lowest BCUT2D eigenvalue weighted by molar-refractivity contribution is 0.758. The maximum atomic E-state index is 6.39. The molecule has 0 aliphatic carbocycles. The van der Waals surface area contributed by atoms with E-state index < -0.39 is 0 Å². The molecule has 5 heteroatoms. The Morgan fingerprint density at radius 1 is 1.26 bits per heavy atom. The molecular formula is C22H21Cl2N3. The monoisotopic (exact) mass is 397 g/mol. The molecule has 2 aromatic heterocycles. The number of aromatic amines is 1. The molecule has 1 saturated heterocycles. The second kappa shape index (κ2) is 7.06. The zero-order chi connectivity index (χ0) is 19.1. The molecule has 1 aliphatic rings. The number of hydrogen-bond acceptors (Lipinski definition) is 2. The van der Waals surface area contributed by atoms with Crippen LogP contribution >= 0.6 is 23.2 Å². The van der Waals surface area contributed by atoms with Gasteiger partial charge in [-0.3, -0.25) is 0 Å². The Hall–Kier alpha value is -2.23. The number of hydrogen-bond donors (Lipinski definition) is 1. The molecule has 1 N–H and O–H groups in total. The van der Waals surface area contributed by atoms with Gasteiger partial charge < -0.3 is 9.88 Å². The minimum absolute atomic E-state index is 0.549. The highest BCUT2D eigenvalue weighted by atomic mass is 35.5. The van der Waals surface area contributed by atoms with Crippen molar-refractivity contribution in [2.75, 3.05) is 18.0 Å². The van der Waals surface area contributed by atoms with Gasteiger partial charge in [0.25, 0.3) is 0 Å². The van der Waals surface area contributed by atoms with Gasteiger partial charge in [0.2, 0.25) is 0 Å². The van der Waals surface area contributed by atoms with Crippen LogP contribution in [0.5, 0.6) is 0 Å². The van der Waals surface area contributed by atoms with Crippen molar-refractivity contribution in [3.8, 4) is 0 Å². The summed E-state index contributed by atoms with van der Waals surface area (Å²) in [6.07, 6.45) is 4.52. The second-order valence-corrected chi connectivity index (χ2v) is 7.92. The van der Waals surface area contributed by atoms with Crippen LogP contribution in [0.1, 0.15) is 24.5 Å². The van der Waals surface area contributed by atoms with E-state index in [0.717, 1.165) is 25.3 Å². The molecule has 0 spiro atoms. The quantitative estimate of drug-likeness (QED) is 0.540. The highest BCUT2D eigenvalue weighted by Gasteiger charge is 2.23. The van der Waals surface area contributed by atoms with Crippen LogP contribution in [0.2, 0.25) is 10.0 Å². The van der Waals surface area contributed by atoms with E-state index in [9.17, 15) is 0 Å². The van der Waals surface area contributed by atoms with Crippen LogP contribution in [-0.4, -0.2) is 23.1 Å². The molecular weight excluding hydrogens is 377 g/mol. The zero-order valence-electron chi connectivity index (χ0n) is 15.4. The van der Waals surface area contributed by atoms with Gasteiger partial charge in [-0.25, -0.2) is 4.98 Å². The van der Waals surface area contributed by atoms with E-state index in [-0.39, 0.29) is 0 Å². The number of allylic oxidation sites excluding steroid dienone is 1. The van der Waals surface area contributed by atoms with Crippen LogP contribution in [0.4, 0.5) is 5.82 Å². The predicted molar refractivity (Wildman–Crippen MR) is 116 cm³/mol. The summed E-state index contributed by atoms with van der Waals surface area (Å²) >= 11 is 12.4. The van der Waals surface area contributed by atoms with E-state index >= 15 is 0 Å². The SMILES string of the molecule is C=C1CCN(c2ncc(Cl)cc2Cl)C/C1=C(/C)c1cc(C)c2[nH]ccc2c1. The fraction of sp³-hybridized carbons (Fsp3) is 0.227. The largest absolute Gasteiger partial charge is 0.361 e. The highest BCUT2D eigenvalue weighted by molar-refractivity contribution is 6.36. The Labute approximate surface area is 169 Å². The normalized spacial score (nSPS) is 16.9. The van der Waals surface area contributed by atoms with E-state index in [2.05, 4.69) is 53.5 Å². The Kier molecular flexibility index (Phi) is 4.75. The maximum Gasteiger partial charge on any atom is 0.147 e. The number of benzene rings is 1. The summed E-state index contributed by atoms with van der Waals surface area (Å²) < 4.78 is 0. The fourth-order valence-corrected chi connectivity index (χ4v) is 4.26. The van der Waals surface area contributed by atoms with E-state index in [1.165, 1.54) is 38.7 Å². The standard InChI is InChI=1S/C22H21Cl2N3/c1-13-5-7-27(22-20(24)10-18(23)11-26-22)12-19(13)15(3)17-8-14(2)21-16(9-17)4-6-25-21/h4,6,8-11,25H,1,5,7,12H2,2-3H3/b19-15+. The molecule has 4 rings (SSSR count). The Morgan fingerprint density at radius 3 is 2.85 bits per heavy atom. The van der Waals surface area contributed by atoms with Gasteiger partial charge in [-0.1, -0.05) is 29.8 Å². The lowest BCUT2D eigenvalue weighted by Gasteiger charge is -2.33. The van der Waals surface area contributed by atoms with Crippen molar-refractivity contribution >= 4 is 45.5 Å². The Morgan fingerprint density at radius 2 is 2.07 bits per heavy atom. The summed E-state index contributed by atoms with van der Waals surface area (Å²) in [7, 11) is 0. The number of rotatable bonds is 2. The smallest absolute Gasteiger partial charge is 0.147 e. The maximum absolute atomic E-state index is 6.39. The fourth-order valence-electron chi connectivity index (χ4n) is 3.76. The summed E-state index contributed by atoms with van der Waals surface area (Å²) in [5.74, 6) is 0.774. The summed E-state index contributed by atoms with van der Waals surface area (Å²) in [5, 5.41) is 2.36. The lowest BCUT2D eigenvalue weighted by Crippen LogP contribution is -2.33. The minimum Gasteiger partial charge on any atom is -0.361 e. The molecule has 3 heterocycles. The Balaban J connectivity index is 1.74. The van der Waals surface area contributed by atoms with Crippen molar-refractivity contribution in [1.82, 2.24) is 9.97 Å². The van der Waals surface area contributed by atoms with Crippen molar-refractivity contribution in [1.29, 1.82) is 0 Å². The summed E-state index contributed by atoms with van der Waals surface area (Å²) in [6, 6.07) is 8.33. The van der Waals surface area contributed by atoms with Crippen molar-refractivity contribution in [3.63, 3.8) is 0 Å². The predicted octanol–water partition coefficient (Wildman–Crippen LogP) is 6.42. The van der Waals surface area contributed by atoms with E-state index in [4.69, 9.17) is 23.2 Å². The number of nitrogens with one attached hydrogen (secondary N) is 1. The van der Waals surface area contributed by atoms with Gasteiger partial charge in [-0.15, -0.1) is 0 Å².